The van der Waals surface area contributed by atoms with Crippen LogP contribution in [-0.2, 0) is 4.79 Å². The summed E-state index contributed by atoms with van der Waals surface area (Å²) < 4.78 is 39.1. The molecule has 0 radical (unpaired) electrons. The topological polar surface area (TPSA) is 29.1 Å². The van der Waals surface area contributed by atoms with Crippen molar-refractivity contribution < 1.29 is 18.0 Å². The zero-order valence-corrected chi connectivity index (χ0v) is 11.9. The lowest BCUT2D eigenvalue weighted by molar-refractivity contribution is -0.115. The first-order valence-corrected chi connectivity index (χ1v) is 7.02. The van der Waals surface area contributed by atoms with Gasteiger partial charge in [-0.05, 0) is 43.3 Å². The van der Waals surface area contributed by atoms with Crippen LogP contribution in [0.25, 0.3) is 0 Å². The second kappa shape index (κ2) is 6.67. The van der Waals surface area contributed by atoms with Gasteiger partial charge in [-0.1, -0.05) is 0 Å². The molecule has 1 atom stereocenters. The molecular weight excluding hydrogens is 299 g/mol. The number of nitrogens with one attached hydrogen (secondary N) is 1. The molecule has 6 heteroatoms. The first-order valence-electron chi connectivity index (χ1n) is 6.14. The Labute approximate surface area is 124 Å². The molecule has 1 amide bonds. The van der Waals surface area contributed by atoms with Crippen LogP contribution in [0.3, 0.4) is 0 Å². The number of hydrogen-bond donors (Lipinski definition) is 1. The van der Waals surface area contributed by atoms with E-state index < -0.39 is 22.7 Å². The third-order valence-corrected chi connectivity index (χ3v) is 3.83. The fourth-order valence-electron chi connectivity index (χ4n) is 1.59. The monoisotopic (exact) mass is 311 g/mol. The average Bonchev–Trinajstić information content (AvgIpc) is 2.44. The summed E-state index contributed by atoms with van der Waals surface area (Å²) in [5, 5.41) is 2.01. The van der Waals surface area contributed by atoms with E-state index in [9.17, 15) is 18.0 Å². The van der Waals surface area contributed by atoms with Gasteiger partial charge in [-0.2, -0.15) is 0 Å². The zero-order valence-electron chi connectivity index (χ0n) is 11.1. The van der Waals surface area contributed by atoms with E-state index in [-0.39, 0.29) is 10.8 Å². The molecule has 0 aromatic heterocycles. The average molecular weight is 311 g/mol. The highest BCUT2D eigenvalue weighted by Gasteiger charge is 2.17. The van der Waals surface area contributed by atoms with Gasteiger partial charge in [0.25, 0.3) is 0 Å². The van der Waals surface area contributed by atoms with Gasteiger partial charge in [0, 0.05) is 16.6 Å². The molecule has 21 heavy (non-hydrogen) atoms. The second-order valence-electron chi connectivity index (χ2n) is 4.33. The van der Waals surface area contributed by atoms with Crippen LogP contribution in [0.2, 0.25) is 0 Å². The number of amides is 1. The van der Waals surface area contributed by atoms with Gasteiger partial charge in [0.2, 0.25) is 5.91 Å². The van der Waals surface area contributed by atoms with Gasteiger partial charge in [0.15, 0.2) is 0 Å². The van der Waals surface area contributed by atoms with E-state index in [1.807, 2.05) is 0 Å². The molecule has 0 aliphatic carbocycles. The maximum atomic E-state index is 13.5. The molecule has 1 N–H and O–H groups in total. The number of hydrogen-bond acceptors (Lipinski definition) is 2. The summed E-state index contributed by atoms with van der Waals surface area (Å²) in [6, 6.07) is 8.52. The largest absolute Gasteiger partial charge is 0.325 e. The molecule has 2 aromatic carbocycles. The molecule has 0 unspecified atom stereocenters. The summed E-state index contributed by atoms with van der Waals surface area (Å²) in [4.78, 5) is 12.2. The van der Waals surface area contributed by atoms with Crippen LogP contribution >= 0.6 is 11.8 Å². The van der Waals surface area contributed by atoms with E-state index in [1.54, 1.807) is 6.92 Å². The summed E-state index contributed by atoms with van der Waals surface area (Å²) in [5.74, 6) is -2.12. The van der Waals surface area contributed by atoms with E-state index in [2.05, 4.69) is 5.32 Å². The number of halogens is 3. The van der Waals surface area contributed by atoms with Crippen molar-refractivity contribution in [3.8, 4) is 0 Å². The second-order valence-corrected chi connectivity index (χ2v) is 5.71. The van der Waals surface area contributed by atoms with Gasteiger partial charge in [-0.3, -0.25) is 4.79 Å². The fourth-order valence-corrected chi connectivity index (χ4v) is 2.46. The molecule has 0 saturated heterocycles. The maximum Gasteiger partial charge on any atom is 0.237 e. The molecule has 0 fully saturated rings. The molecule has 2 nitrogen and oxygen atoms in total. The fraction of sp³-hybridized carbons (Fsp3) is 0.133. The molecular formula is C15H12F3NOS. The van der Waals surface area contributed by atoms with Crippen molar-refractivity contribution in [3.63, 3.8) is 0 Å². The van der Waals surface area contributed by atoms with E-state index >= 15 is 0 Å². The molecule has 2 aromatic rings. The Kier molecular flexibility index (Phi) is 4.90. The maximum absolute atomic E-state index is 13.5. The first-order chi connectivity index (χ1) is 9.95. The van der Waals surface area contributed by atoms with Gasteiger partial charge in [-0.15, -0.1) is 11.8 Å². The highest BCUT2D eigenvalue weighted by atomic mass is 32.2. The van der Waals surface area contributed by atoms with Crippen molar-refractivity contribution in [1.82, 2.24) is 0 Å². The molecule has 0 aliphatic rings. The quantitative estimate of drug-likeness (QED) is 0.856. The van der Waals surface area contributed by atoms with Crippen LogP contribution in [0.15, 0.2) is 47.4 Å². The number of carbonyl (C=O) groups is 1. The Bertz CT molecular complexity index is 646. The minimum Gasteiger partial charge on any atom is -0.325 e. The Hall–Kier alpha value is -1.95. The molecule has 0 aliphatic heterocycles. The third-order valence-electron chi connectivity index (χ3n) is 2.68. The summed E-state index contributed by atoms with van der Waals surface area (Å²) in [6.45, 7) is 1.60. The predicted molar refractivity (Wildman–Crippen MR) is 76.7 cm³/mol. The highest BCUT2D eigenvalue weighted by Crippen LogP contribution is 2.27. The first kappa shape index (κ1) is 15.4. The molecule has 0 bridgehead atoms. The number of benzene rings is 2. The van der Waals surface area contributed by atoms with Gasteiger partial charge >= 0.3 is 0 Å². The van der Waals surface area contributed by atoms with Crippen LogP contribution < -0.4 is 5.32 Å². The highest BCUT2D eigenvalue weighted by molar-refractivity contribution is 8.00. The van der Waals surface area contributed by atoms with Crippen molar-refractivity contribution in [2.45, 2.75) is 17.1 Å². The lowest BCUT2D eigenvalue weighted by Crippen LogP contribution is -2.22. The third kappa shape index (κ3) is 4.26. The number of carbonyl (C=O) groups excluding carboxylic acids is 1. The van der Waals surface area contributed by atoms with Crippen molar-refractivity contribution in [2.24, 2.45) is 0 Å². The standard InChI is InChI=1S/C15H12F3NOS/c1-9(21-14-7-4-11(17)8-13(14)18)15(20)19-12-5-2-10(16)3-6-12/h2-9H,1H3,(H,19,20)/t9-/m1/s1. The number of thioether (sulfide) groups is 1. The summed E-state index contributed by atoms with van der Waals surface area (Å²) >= 11 is 0.982. The van der Waals surface area contributed by atoms with Crippen LogP contribution in [0.1, 0.15) is 6.92 Å². The smallest absolute Gasteiger partial charge is 0.237 e. The van der Waals surface area contributed by atoms with Crippen LogP contribution in [0.4, 0.5) is 18.9 Å². The lowest BCUT2D eigenvalue weighted by Gasteiger charge is -2.12. The van der Waals surface area contributed by atoms with E-state index in [0.717, 1.165) is 23.9 Å². The van der Waals surface area contributed by atoms with Crippen molar-refractivity contribution in [3.05, 3.63) is 59.9 Å². The molecule has 0 saturated carbocycles. The number of rotatable bonds is 4. The van der Waals surface area contributed by atoms with Crippen LogP contribution in [0, 0.1) is 17.5 Å². The van der Waals surface area contributed by atoms with Crippen molar-refractivity contribution in [1.29, 1.82) is 0 Å². The predicted octanol–water partition coefficient (Wildman–Crippen LogP) is 4.22. The minimum atomic E-state index is -0.707. The Morgan fingerprint density at radius 3 is 2.29 bits per heavy atom. The number of anilines is 1. The van der Waals surface area contributed by atoms with E-state index in [0.29, 0.717) is 5.69 Å². The summed E-state index contributed by atoms with van der Waals surface area (Å²) in [5.41, 5.74) is 0.452. The van der Waals surface area contributed by atoms with Crippen molar-refractivity contribution >= 4 is 23.4 Å². The lowest BCUT2D eigenvalue weighted by atomic mass is 10.3. The minimum absolute atomic E-state index is 0.193. The Morgan fingerprint density at radius 1 is 1.05 bits per heavy atom. The van der Waals surface area contributed by atoms with E-state index in [1.165, 1.54) is 30.3 Å². The molecule has 2 rings (SSSR count). The summed E-state index contributed by atoms with van der Waals surface area (Å²) in [6.07, 6.45) is 0. The molecule has 0 heterocycles. The van der Waals surface area contributed by atoms with Gasteiger partial charge < -0.3 is 5.32 Å². The molecule has 110 valence electrons. The van der Waals surface area contributed by atoms with Crippen LogP contribution in [-0.4, -0.2) is 11.2 Å². The summed E-state index contributed by atoms with van der Waals surface area (Å²) in [7, 11) is 0. The Morgan fingerprint density at radius 2 is 1.67 bits per heavy atom. The van der Waals surface area contributed by atoms with Gasteiger partial charge in [0.1, 0.15) is 17.5 Å². The Balaban J connectivity index is 2.00. The van der Waals surface area contributed by atoms with E-state index in [4.69, 9.17) is 0 Å². The molecule has 0 spiro atoms. The van der Waals surface area contributed by atoms with Gasteiger partial charge in [-0.25, -0.2) is 13.2 Å². The normalized spacial score (nSPS) is 12.0. The zero-order chi connectivity index (χ0) is 15.4. The SMILES string of the molecule is C[C@@H](Sc1ccc(F)cc1F)C(=O)Nc1ccc(F)cc1. The van der Waals surface area contributed by atoms with Crippen molar-refractivity contribution in [2.75, 3.05) is 5.32 Å². The van der Waals surface area contributed by atoms with Gasteiger partial charge in [0.05, 0.1) is 5.25 Å². The van der Waals surface area contributed by atoms with Crippen LogP contribution in [0.5, 0.6) is 0 Å².